The van der Waals surface area contributed by atoms with Crippen molar-refractivity contribution in [1.82, 2.24) is 19.1 Å². The summed E-state index contributed by atoms with van der Waals surface area (Å²) < 4.78 is 3.20. The summed E-state index contributed by atoms with van der Waals surface area (Å²) in [6, 6.07) is 22.7. The summed E-state index contributed by atoms with van der Waals surface area (Å²) in [6.45, 7) is -0.559. The first-order valence-electron chi connectivity index (χ1n) is 11.1. The Hall–Kier alpha value is -4.62. The van der Waals surface area contributed by atoms with Gasteiger partial charge < -0.3 is 5.11 Å². The number of rotatable bonds is 4. The smallest absolute Gasteiger partial charge is 0.333 e. The zero-order valence-corrected chi connectivity index (χ0v) is 18.8. The number of Topliss-reactive ketones (excluding diaryl/α,β-unsaturated/α-hetero) is 1. The second-order valence-electron chi connectivity index (χ2n) is 8.45. The molecule has 1 N–H and O–H groups in total. The Morgan fingerprint density at radius 2 is 1.66 bits per heavy atom. The van der Waals surface area contributed by atoms with E-state index in [1.807, 2.05) is 48.7 Å². The molecule has 3 aromatic carbocycles. The van der Waals surface area contributed by atoms with Crippen LogP contribution in [0, 0.1) is 0 Å². The van der Waals surface area contributed by atoms with Gasteiger partial charge in [-0.2, -0.15) is 0 Å². The molecule has 170 valence electrons. The second-order valence-corrected chi connectivity index (χ2v) is 8.45. The van der Waals surface area contributed by atoms with Gasteiger partial charge in [-0.25, -0.2) is 4.79 Å². The van der Waals surface area contributed by atoms with Gasteiger partial charge in [0.25, 0.3) is 0 Å². The molecule has 0 unspecified atom stereocenters. The zero-order valence-electron chi connectivity index (χ0n) is 18.8. The molecule has 0 atom stereocenters. The average Bonchev–Trinajstić information content (AvgIpc) is 3.17. The van der Waals surface area contributed by atoms with Gasteiger partial charge in [0.15, 0.2) is 5.78 Å². The third-order valence-corrected chi connectivity index (χ3v) is 6.40. The molecule has 6 rings (SSSR count). The molecule has 0 radical (unpaired) electrons. The molecule has 7 heteroatoms. The first-order valence-corrected chi connectivity index (χ1v) is 11.1. The monoisotopic (exact) mass is 460 g/mol. The van der Waals surface area contributed by atoms with Gasteiger partial charge in [-0.15, -0.1) is 0 Å². The molecule has 3 heterocycles. The Balaban J connectivity index is 1.60. The first kappa shape index (κ1) is 20.9. The topological polar surface area (TPSA) is 90.0 Å². The molecule has 7 nitrogen and oxygen atoms in total. The van der Waals surface area contributed by atoms with E-state index in [-0.39, 0.29) is 11.5 Å². The number of nitrogens with zero attached hydrogens (tertiary/aromatic N) is 4. The van der Waals surface area contributed by atoms with Crippen molar-refractivity contribution in [2.75, 3.05) is 6.61 Å². The molecule has 0 spiro atoms. The fourth-order valence-electron chi connectivity index (χ4n) is 4.53. The van der Waals surface area contributed by atoms with Crippen molar-refractivity contribution >= 4 is 38.6 Å². The molecule has 3 aromatic heterocycles. The summed E-state index contributed by atoms with van der Waals surface area (Å²) >= 11 is 0. The van der Waals surface area contributed by atoms with E-state index < -0.39 is 6.61 Å². The van der Waals surface area contributed by atoms with Crippen LogP contribution in [0.3, 0.4) is 0 Å². The van der Waals surface area contributed by atoms with E-state index in [4.69, 9.17) is 5.11 Å². The van der Waals surface area contributed by atoms with Crippen LogP contribution in [0.2, 0.25) is 0 Å². The molecule has 0 aliphatic rings. The number of aliphatic hydroxyl groups excluding tert-OH is 1. The van der Waals surface area contributed by atoms with E-state index >= 15 is 0 Å². The fraction of sp³-hybridized carbons (Fsp3) is 0.0714. The number of fused-ring (bicyclic) bond motifs is 4. The van der Waals surface area contributed by atoms with Gasteiger partial charge in [0.05, 0.1) is 34.0 Å². The van der Waals surface area contributed by atoms with Gasteiger partial charge in [0, 0.05) is 35.1 Å². The molecule has 0 saturated heterocycles. The van der Waals surface area contributed by atoms with Crippen LogP contribution in [0.15, 0.2) is 90.0 Å². The highest BCUT2D eigenvalue weighted by molar-refractivity contribution is 6.05. The van der Waals surface area contributed by atoms with E-state index in [0.29, 0.717) is 16.8 Å². The van der Waals surface area contributed by atoms with E-state index in [0.717, 1.165) is 38.4 Å². The van der Waals surface area contributed by atoms with Crippen molar-refractivity contribution in [2.45, 2.75) is 0 Å². The Morgan fingerprint density at radius 1 is 0.886 bits per heavy atom. The van der Waals surface area contributed by atoms with E-state index in [9.17, 15) is 9.59 Å². The van der Waals surface area contributed by atoms with Crippen LogP contribution >= 0.6 is 0 Å². The highest BCUT2D eigenvalue weighted by Gasteiger charge is 2.17. The van der Waals surface area contributed by atoms with Crippen molar-refractivity contribution in [3.05, 3.63) is 101 Å². The lowest BCUT2D eigenvalue weighted by atomic mass is 10.0. The maximum Gasteiger partial charge on any atom is 0.333 e. The lowest BCUT2D eigenvalue weighted by molar-refractivity contribution is 0.0904. The van der Waals surface area contributed by atoms with Crippen LogP contribution < -0.4 is 5.69 Å². The second kappa shape index (κ2) is 8.00. The quantitative estimate of drug-likeness (QED) is 0.397. The molecular weight excluding hydrogens is 440 g/mol. The van der Waals surface area contributed by atoms with Crippen molar-refractivity contribution in [3.63, 3.8) is 0 Å². The Kier molecular flexibility index (Phi) is 4.79. The number of ketones is 1. The average molecular weight is 460 g/mol. The Bertz CT molecular complexity index is 1830. The maximum atomic E-state index is 13.3. The maximum absolute atomic E-state index is 13.3. The van der Waals surface area contributed by atoms with Crippen LogP contribution in [0.25, 0.3) is 49.7 Å². The fourth-order valence-corrected chi connectivity index (χ4v) is 4.53. The summed E-state index contributed by atoms with van der Waals surface area (Å²) in [5, 5.41) is 11.0. The first-order chi connectivity index (χ1) is 17.0. The van der Waals surface area contributed by atoms with Crippen LogP contribution in [0.5, 0.6) is 0 Å². The minimum Gasteiger partial charge on any atom is -0.388 e. The summed E-state index contributed by atoms with van der Waals surface area (Å²) in [7, 11) is 1.72. The van der Waals surface area contributed by atoms with Crippen molar-refractivity contribution < 1.29 is 9.90 Å². The summed E-state index contributed by atoms with van der Waals surface area (Å²) in [5.41, 5.74) is 5.88. The van der Waals surface area contributed by atoms with E-state index in [1.54, 1.807) is 46.6 Å². The number of aryl methyl sites for hydroxylation is 1. The minimum atomic E-state index is -0.559. The number of para-hydroxylation sites is 1. The largest absolute Gasteiger partial charge is 0.388 e. The molecule has 0 saturated carbocycles. The molecule has 0 fully saturated rings. The molecule has 0 amide bonds. The summed E-state index contributed by atoms with van der Waals surface area (Å²) in [6.07, 6.45) is 3.56. The van der Waals surface area contributed by atoms with Gasteiger partial charge in [0.1, 0.15) is 6.61 Å². The zero-order chi connectivity index (χ0) is 24.1. The van der Waals surface area contributed by atoms with E-state index in [1.165, 1.54) is 0 Å². The molecule has 0 aliphatic carbocycles. The summed E-state index contributed by atoms with van der Waals surface area (Å²) in [4.78, 5) is 34.3. The van der Waals surface area contributed by atoms with E-state index in [2.05, 4.69) is 16.0 Å². The van der Waals surface area contributed by atoms with Crippen molar-refractivity contribution in [3.8, 4) is 16.8 Å². The molecule has 0 aliphatic heterocycles. The minimum absolute atomic E-state index is 0.215. The summed E-state index contributed by atoms with van der Waals surface area (Å²) in [5.74, 6) is -0.370. The van der Waals surface area contributed by atoms with Crippen LogP contribution in [0.4, 0.5) is 0 Å². The number of benzene rings is 3. The standard InChI is InChI=1S/C28H20N4O3/c1-31-25-15-30-24-11-8-18(20-12-19-4-2-3-5-23(19)29-14-20)13-22(24)27(25)32(28(31)35)21-9-6-17(7-10-21)26(34)16-33/h2-15,33H,16H2,1H3. The Morgan fingerprint density at radius 3 is 2.46 bits per heavy atom. The van der Waals surface area contributed by atoms with Crippen molar-refractivity contribution in [1.29, 1.82) is 0 Å². The van der Waals surface area contributed by atoms with Gasteiger partial charge in [-0.1, -0.05) is 24.3 Å². The number of aliphatic hydroxyl groups is 1. The molecule has 0 bridgehead atoms. The lowest BCUT2D eigenvalue weighted by Crippen LogP contribution is -2.20. The predicted molar refractivity (Wildman–Crippen MR) is 136 cm³/mol. The third kappa shape index (κ3) is 3.33. The number of carbonyl (C=O) groups excluding carboxylic acids is 1. The van der Waals surface area contributed by atoms with Gasteiger partial charge in [-0.3, -0.25) is 23.9 Å². The Labute approximate surface area is 199 Å². The number of hydrogen-bond acceptors (Lipinski definition) is 5. The highest BCUT2D eigenvalue weighted by Crippen LogP contribution is 2.30. The SMILES string of the molecule is Cn1c(=O)n(-c2ccc(C(=O)CO)cc2)c2c3cc(-c4cnc5ccccc5c4)ccc3ncc21. The molecule has 35 heavy (non-hydrogen) atoms. The van der Waals surface area contributed by atoms with Crippen LogP contribution in [0.1, 0.15) is 10.4 Å². The third-order valence-electron chi connectivity index (χ3n) is 6.40. The van der Waals surface area contributed by atoms with Crippen molar-refractivity contribution in [2.24, 2.45) is 7.05 Å². The van der Waals surface area contributed by atoms with Gasteiger partial charge in [-0.05, 0) is 54.1 Å². The normalized spacial score (nSPS) is 11.5. The van der Waals surface area contributed by atoms with Gasteiger partial charge in [0.2, 0.25) is 0 Å². The highest BCUT2D eigenvalue weighted by atomic mass is 16.3. The van der Waals surface area contributed by atoms with Gasteiger partial charge >= 0.3 is 5.69 Å². The predicted octanol–water partition coefficient (Wildman–Crippen LogP) is 4.27. The molecule has 6 aromatic rings. The lowest BCUT2D eigenvalue weighted by Gasteiger charge is -2.09. The number of pyridine rings is 2. The number of hydrogen-bond donors (Lipinski definition) is 1. The number of carbonyl (C=O) groups is 1. The van der Waals surface area contributed by atoms with Crippen LogP contribution in [-0.4, -0.2) is 36.6 Å². The van der Waals surface area contributed by atoms with Crippen LogP contribution in [-0.2, 0) is 7.05 Å². The molecular formula is C28H20N4O3. The number of imidazole rings is 1. The number of aromatic nitrogens is 4.